The number of hydrogen-bond donors (Lipinski definition) is 0. The molecule has 6 aromatic carbocycles. The third-order valence-corrected chi connectivity index (χ3v) is 12.1. The van der Waals surface area contributed by atoms with Crippen LogP contribution in [-0.2, 0) is 5.41 Å². The molecule has 52 heavy (non-hydrogen) atoms. The maximum atomic E-state index is 13.4. The second-order valence-corrected chi connectivity index (χ2v) is 15.5. The number of anilines is 3. The highest BCUT2D eigenvalue weighted by Gasteiger charge is 2.37. The van der Waals surface area contributed by atoms with E-state index in [-0.39, 0.29) is 22.6 Å². The van der Waals surface area contributed by atoms with Gasteiger partial charge < -0.3 is 4.90 Å². The third kappa shape index (κ3) is 4.59. The van der Waals surface area contributed by atoms with Crippen LogP contribution in [0.3, 0.4) is 0 Å². The maximum Gasteiger partial charge on any atom is 0.197 e. The van der Waals surface area contributed by atoms with Crippen LogP contribution < -0.4 is 4.90 Å². The first-order valence-electron chi connectivity index (χ1n) is 17.2. The first-order valence-corrected chi connectivity index (χ1v) is 18.7. The van der Waals surface area contributed by atoms with Gasteiger partial charge in [0.1, 0.15) is 11.0 Å². The lowest BCUT2D eigenvalue weighted by atomic mass is 9.73. The number of carbonyl (C=O) groups excluding carboxylic acids is 2. The molecule has 0 spiro atoms. The van der Waals surface area contributed by atoms with Crippen LogP contribution in [0.15, 0.2) is 139 Å². The normalized spacial score (nSPS) is 14.5. The molecule has 10 rings (SSSR count). The molecule has 1 aliphatic carbocycles. The van der Waals surface area contributed by atoms with Crippen LogP contribution in [0.5, 0.6) is 0 Å². The van der Waals surface area contributed by atoms with Crippen molar-refractivity contribution in [2.45, 2.75) is 19.3 Å². The summed E-state index contributed by atoms with van der Waals surface area (Å²) < 4.78 is 9.58. The number of hydrogen-bond acceptors (Lipinski definition) is 7. The van der Waals surface area contributed by atoms with Gasteiger partial charge in [-0.3, -0.25) is 9.59 Å². The first-order chi connectivity index (χ1) is 25.4. The van der Waals surface area contributed by atoms with Gasteiger partial charge in [0.25, 0.3) is 0 Å². The summed E-state index contributed by atoms with van der Waals surface area (Å²) in [6.07, 6.45) is 1.74. The molecule has 0 fully saturated rings. The summed E-state index contributed by atoms with van der Waals surface area (Å²) in [5, 5.41) is 1.90. The molecule has 7 heteroatoms. The number of Topliss-reactive ketones (excluding diaryl/α,β-unsaturated/α-hetero) is 2. The number of aromatic nitrogens is 2. The van der Waals surface area contributed by atoms with Gasteiger partial charge in [0, 0.05) is 43.1 Å². The minimum atomic E-state index is -0.231. The predicted octanol–water partition coefficient (Wildman–Crippen LogP) is 11.8. The minimum Gasteiger partial charge on any atom is -0.310 e. The highest BCUT2D eigenvalue weighted by molar-refractivity contribution is 7.16. The van der Waals surface area contributed by atoms with Crippen LogP contribution in [0.4, 0.5) is 17.1 Å². The predicted molar refractivity (Wildman–Crippen MR) is 214 cm³/mol. The van der Waals surface area contributed by atoms with Gasteiger partial charge in [-0.25, -0.2) is 0 Å². The fraction of sp³-hybridized carbons (Fsp3) is 0.0667. The van der Waals surface area contributed by atoms with Crippen molar-refractivity contribution in [3.8, 4) is 21.6 Å². The summed E-state index contributed by atoms with van der Waals surface area (Å²) in [4.78, 5) is 31.0. The topological polar surface area (TPSA) is 63.2 Å². The van der Waals surface area contributed by atoms with Gasteiger partial charge in [-0.15, -0.1) is 11.3 Å². The van der Waals surface area contributed by atoms with Crippen molar-refractivity contribution < 1.29 is 9.59 Å². The number of fused-ring (bicyclic) bond motifs is 5. The summed E-state index contributed by atoms with van der Waals surface area (Å²) in [6.45, 7) is 4.61. The first kappa shape index (κ1) is 30.8. The molecule has 5 nitrogen and oxygen atoms in total. The Balaban J connectivity index is 1.02. The van der Waals surface area contributed by atoms with E-state index in [1.165, 1.54) is 45.6 Å². The van der Waals surface area contributed by atoms with Crippen molar-refractivity contribution in [2.24, 2.45) is 0 Å². The molecular weight excluding hydrogens is 679 g/mol. The van der Waals surface area contributed by atoms with Crippen molar-refractivity contribution >= 4 is 79.6 Å². The van der Waals surface area contributed by atoms with Gasteiger partial charge in [-0.05, 0) is 88.1 Å². The largest absolute Gasteiger partial charge is 0.310 e. The Bertz CT molecular complexity index is 2770. The summed E-state index contributed by atoms with van der Waals surface area (Å²) in [5.41, 5.74) is 11.7. The molecule has 0 atom stereocenters. The lowest BCUT2D eigenvalue weighted by Crippen LogP contribution is -2.30. The second kappa shape index (κ2) is 11.5. The molecular formula is C45H29N3O2S2. The van der Waals surface area contributed by atoms with E-state index in [0.717, 1.165) is 53.9 Å². The lowest BCUT2D eigenvalue weighted by Gasteiger charge is -2.42. The van der Waals surface area contributed by atoms with Gasteiger partial charge in [-0.2, -0.15) is 8.75 Å². The highest BCUT2D eigenvalue weighted by atomic mass is 32.1. The zero-order chi connectivity index (χ0) is 35.1. The lowest BCUT2D eigenvalue weighted by molar-refractivity contribution is 0.0990. The molecule has 3 heterocycles. The number of thiophene rings is 1. The number of para-hydroxylation sites is 2. The van der Waals surface area contributed by atoms with Crippen molar-refractivity contribution in [3.63, 3.8) is 0 Å². The van der Waals surface area contributed by atoms with E-state index < -0.39 is 0 Å². The van der Waals surface area contributed by atoms with Crippen LogP contribution in [0, 0.1) is 0 Å². The number of benzene rings is 6. The molecule has 1 aliphatic heterocycles. The van der Waals surface area contributed by atoms with Crippen LogP contribution in [0.1, 0.15) is 50.6 Å². The Hall–Kier alpha value is -6.02. The fourth-order valence-corrected chi connectivity index (χ4v) is 9.43. The Kier molecular flexibility index (Phi) is 6.81. The van der Waals surface area contributed by atoms with Crippen molar-refractivity contribution in [1.29, 1.82) is 0 Å². The van der Waals surface area contributed by atoms with E-state index in [0.29, 0.717) is 11.1 Å². The van der Waals surface area contributed by atoms with Crippen molar-refractivity contribution in [1.82, 2.24) is 8.75 Å². The van der Waals surface area contributed by atoms with Gasteiger partial charge >= 0.3 is 0 Å². The van der Waals surface area contributed by atoms with E-state index in [1.807, 2.05) is 48.5 Å². The summed E-state index contributed by atoms with van der Waals surface area (Å²) in [7, 11) is 0. The smallest absolute Gasteiger partial charge is 0.197 e. The number of ketones is 2. The number of allylic oxidation sites excluding steroid dienone is 1. The SMILES string of the molecule is CC1(C)c2ccccc2N(c2ccccc2)c2ccc(-c3ccc(-c4ccc(C=C5C(=O)c6cc7ccccc7cc6C5=O)s4)c4nsnc34)cc21. The van der Waals surface area contributed by atoms with E-state index in [9.17, 15) is 9.59 Å². The molecule has 0 saturated carbocycles. The monoisotopic (exact) mass is 707 g/mol. The summed E-state index contributed by atoms with van der Waals surface area (Å²) in [5.74, 6) is -0.445. The highest BCUT2D eigenvalue weighted by Crippen LogP contribution is 2.53. The molecule has 2 aliphatic rings. The van der Waals surface area contributed by atoms with E-state index in [2.05, 4.69) is 104 Å². The Morgan fingerprint density at radius 1 is 0.596 bits per heavy atom. The Morgan fingerprint density at radius 2 is 1.23 bits per heavy atom. The number of carbonyl (C=O) groups is 2. The number of nitrogens with zero attached hydrogens (tertiary/aromatic N) is 3. The van der Waals surface area contributed by atoms with Gasteiger partial charge in [0.05, 0.1) is 28.7 Å². The number of rotatable bonds is 4. The second-order valence-electron chi connectivity index (χ2n) is 13.8. The third-order valence-electron chi connectivity index (χ3n) is 10.5. The van der Waals surface area contributed by atoms with Crippen molar-refractivity contribution in [2.75, 3.05) is 4.90 Å². The zero-order valence-electron chi connectivity index (χ0n) is 28.3. The van der Waals surface area contributed by atoms with E-state index in [1.54, 1.807) is 6.08 Å². The van der Waals surface area contributed by atoms with E-state index >= 15 is 0 Å². The zero-order valence-corrected chi connectivity index (χ0v) is 29.9. The average Bonchev–Trinajstić information content (AvgIpc) is 3.91. The summed E-state index contributed by atoms with van der Waals surface area (Å²) in [6, 6.07) is 45.7. The molecule has 0 saturated heterocycles. The molecule has 8 aromatic rings. The van der Waals surface area contributed by atoms with Gasteiger partial charge in [-0.1, -0.05) is 92.7 Å². The minimum absolute atomic E-state index is 0.207. The van der Waals surface area contributed by atoms with Gasteiger partial charge in [0.15, 0.2) is 11.6 Å². The molecule has 0 amide bonds. The molecule has 0 N–H and O–H groups in total. The standard InChI is InChI=1S/C45H29N3O2S2/c1-45(2)36-14-8-9-15-38(36)48(29-12-4-3-5-13-29)39-20-16-28(24-37(39)45)31-18-19-32(42-41(31)46-52-47-42)40-21-17-30(51-40)25-35-43(49)33-22-26-10-6-7-11-27(26)23-34(33)44(35)50/h3-25H,1-2H3. The quantitative estimate of drug-likeness (QED) is 0.135. The van der Waals surface area contributed by atoms with Crippen LogP contribution >= 0.6 is 23.1 Å². The Morgan fingerprint density at radius 3 is 1.98 bits per heavy atom. The molecule has 0 radical (unpaired) electrons. The summed E-state index contributed by atoms with van der Waals surface area (Å²) >= 11 is 2.75. The van der Waals surface area contributed by atoms with Crippen molar-refractivity contribution in [3.05, 3.63) is 166 Å². The molecule has 0 unspecified atom stereocenters. The maximum absolute atomic E-state index is 13.4. The van der Waals surface area contributed by atoms with Crippen LogP contribution in [0.25, 0.3) is 49.4 Å². The van der Waals surface area contributed by atoms with Gasteiger partial charge in [0.2, 0.25) is 0 Å². The average molecular weight is 708 g/mol. The molecule has 248 valence electrons. The van der Waals surface area contributed by atoms with Crippen LogP contribution in [0.2, 0.25) is 0 Å². The fourth-order valence-electron chi connectivity index (χ4n) is 7.88. The Labute approximate surface area is 308 Å². The molecule has 0 bridgehead atoms. The van der Waals surface area contributed by atoms with E-state index in [4.69, 9.17) is 8.75 Å². The molecule has 2 aromatic heterocycles. The van der Waals surface area contributed by atoms with Crippen LogP contribution in [-0.4, -0.2) is 20.3 Å².